The maximum absolute atomic E-state index is 11.9. The summed E-state index contributed by atoms with van der Waals surface area (Å²) < 4.78 is 9.03. The number of carbonyl (C=O) groups excluding carboxylic acids is 1. The third-order valence-corrected chi connectivity index (χ3v) is 3.49. The Balaban J connectivity index is 2.76. The van der Waals surface area contributed by atoms with Gasteiger partial charge in [0, 0.05) is 13.1 Å². The molecule has 0 fully saturated rings. The van der Waals surface area contributed by atoms with Gasteiger partial charge in [0.2, 0.25) is 0 Å². The minimum Gasteiger partial charge on any atom is -0.462 e. The number of ether oxygens (including phenoxy) is 1. The molecule has 0 atom stereocenters. The van der Waals surface area contributed by atoms with Crippen LogP contribution in [-0.4, -0.2) is 49.0 Å². The van der Waals surface area contributed by atoms with Crippen LogP contribution < -0.4 is 11.1 Å². The molecule has 1 heterocycles. The van der Waals surface area contributed by atoms with Crippen molar-refractivity contribution in [3.05, 3.63) is 5.56 Å². The van der Waals surface area contributed by atoms with E-state index in [0.717, 1.165) is 13.1 Å². The van der Waals surface area contributed by atoms with Gasteiger partial charge in [-0.2, -0.15) is 4.37 Å². The predicted octanol–water partition coefficient (Wildman–Crippen LogP) is 1.90. The number of esters is 1. The normalized spacial score (nSPS) is 11.7. The number of anilines is 2. The monoisotopic (exact) mass is 300 g/mol. The van der Waals surface area contributed by atoms with Gasteiger partial charge in [-0.25, -0.2) is 4.79 Å². The lowest BCUT2D eigenvalue weighted by molar-refractivity contribution is 0.0529. The Bertz CT molecular complexity index is 457. The number of aromatic nitrogens is 1. The van der Waals surface area contributed by atoms with E-state index in [4.69, 9.17) is 10.5 Å². The Morgan fingerprint density at radius 3 is 2.70 bits per heavy atom. The first-order valence-electron chi connectivity index (χ1n) is 6.57. The number of nitrogens with one attached hydrogen (secondary N) is 1. The summed E-state index contributed by atoms with van der Waals surface area (Å²) in [5, 5.41) is 3.94. The maximum Gasteiger partial charge on any atom is 0.344 e. The summed E-state index contributed by atoms with van der Waals surface area (Å²) in [5.74, 6) is -0.201. The molecule has 0 aliphatic carbocycles. The fourth-order valence-corrected chi connectivity index (χ4v) is 2.75. The molecule has 1 aromatic heterocycles. The summed E-state index contributed by atoms with van der Waals surface area (Å²) in [4.78, 5) is 14.0. The van der Waals surface area contributed by atoms with Crippen molar-refractivity contribution in [3.8, 4) is 0 Å². The van der Waals surface area contributed by atoms with Gasteiger partial charge in [0.1, 0.15) is 10.6 Å². The van der Waals surface area contributed by atoms with Crippen LogP contribution >= 0.6 is 11.5 Å². The van der Waals surface area contributed by atoms with Crippen molar-refractivity contribution in [3.63, 3.8) is 0 Å². The summed E-state index contributed by atoms with van der Waals surface area (Å²) >= 11 is 1.19. The fourth-order valence-electron chi connectivity index (χ4n) is 2.06. The number of hydrogen-bond acceptors (Lipinski definition) is 7. The second kappa shape index (κ2) is 6.90. The standard InChI is InChI=1S/C13H24N4O2S/c1-6-19-12(18)9-10(14)16-20-11(9)15-7-13(2,3)8-17(4)5/h15H,6-8H2,1-5H3,(H2,14,16). The lowest BCUT2D eigenvalue weighted by atomic mass is 9.93. The molecule has 0 amide bonds. The third kappa shape index (κ3) is 4.64. The smallest absolute Gasteiger partial charge is 0.344 e. The van der Waals surface area contributed by atoms with Gasteiger partial charge >= 0.3 is 5.97 Å². The molecule has 0 radical (unpaired) electrons. The molecule has 0 spiro atoms. The predicted molar refractivity (Wildman–Crippen MR) is 83.3 cm³/mol. The first-order valence-corrected chi connectivity index (χ1v) is 7.35. The summed E-state index contributed by atoms with van der Waals surface area (Å²) in [7, 11) is 4.08. The molecule has 0 bridgehead atoms. The maximum atomic E-state index is 11.9. The van der Waals surface area contributed by atoms with Crippen molar-refractivity contribution in [2.45, 2.75) is 20.8 Å². The van der Waals surface area contributed by atoms with Crippen molar-refractivity contribution in [1.82, 2.24) is 9.27 Å². The van der Waals surface area contributed by atoms with Crippen LogP contribution in [0, 0.1) is 5.41 Å². The molecule has 0 unspecified atom stereocenters. The number of nitrogens with zero attached hydrogens (tertiary/aromatic N) is 2. The molecular weight excluding hydrogens is 276 g/mol. The van der Waals surface area contributed by atoms with Crippen molar-refractivity contribution in [2.75, 3.05) is 44.8 Å². The Labute approximate surface area is 124 Å². The van der Waals surface area contributed by atoms with Gasteiger partial charge in [-0.1, -0.05) is 13.8 Å². The van der Waals surface area contributed by atoms with Gasteiger partial charge in [-0.15, -0.1) is 0 Å². The highest BCUT2D eigenvalue weighted by atomic mass is 32.1. The van der Waals surface area contributed by atoms with Crippen LogP contribution in [0.2, 0.25) is 0 Å². The second-order valence-electron chi connectivity index (χ2n) is 5.75. The third-order valence-electron chi connectivity index (χ3n) is 2.67. The first kappa shape index (κ1) is 16.7. The van der Waals surface area contributed by atoms with E-state index in [1.807, 2.05) is 14.1 Å². The molecule has 0 saturated carbocycles. The van der Waals surface area contributed by atoms with E-state index in [9.17, 15) is 4.79 Å². The summed E-state index contributed by atoms with van der Waals surface area (Å²) in [6.45, 7) is 8.06. The zero-order chi connectivity index (χ0) is 15.3. The Kier molecular flexibility index (Phi) is 5.76. The van der Waals surface area contributed by atoms with Gasteiger partial charge in [-0.05, 0) is 38.0 Å². The van der Waals surface area contributed by atoms with E-state index in [0.29, 0.717) is 17.2 Å². The zero-order valence-electron chi connectivity index (χ0n) is 12.8. The molecule has 1 aromatic rings. The average Bonchev–Trinajstić information content (AvgIpc) is 2.67. The Morgan fingerprint density at radius 2 is 2.15 bits per heavy atom. The molecule has 7 heteroatoms. The molecule has 1 rings (SSSR count). The van der Waals surface area contributed by atoms with E-state index in [2.05, 4.69) is 28.4 Å². The Hall–Kier alpha value is -1.34. The van der Waals surface area contributed by atoms with Gasteiger partial charge in [0.05, 0.1) is 6.61 Å². The highest BCUT2D eigenvalue weighted by Gasteiger charge is 2.24. The highest BCUT2D eigenvalue weighted by Crippen LogP contribution is 2.29. The van der Waals surface area contributed by atoms with Crippen molar-refractivity contribution in [2.24, 2.45) is 5.41 Å². The molecule has 0 aliphatic rings. The Morgan fingerprint density at radius 1 is 1.50 bits per heavy atom. The average molecular weight is 300 g/mol. The zero-order valence-corrected chi connectivity index (χ0v) is 13.6. The van der Waals surface area contributed by atoms with Crippen molar-refractivity contribution >= 4 is 28.3 Å². The van der Waals surface area contributed by atoms with Gasteiger partial charge in [0.25, 0.3) is 0 Å². The van der Waals surface area contributed by atoms with Crippen molar-refractivity contribution < 1.29 is 9.53 Å². The fraction of sp³-hybridized carbons (Fsp3) is 0.692. The largest absolute Gasteiger partial charge is 0.462 e. The topological polar surface area (TPSA) is 80.5 Å². The molecular formula is C13H24N4O2S. The van der Waals surface area contributed by atoms with E-state index in [1.165, 1.54) is 11.5 Å². The van der Waals surface area contributed by atoms with Crippen LogP contribution in [0.15, 0.2) is 0 Å². The van der Waals surface area contributed by atoms with Crippen molar-refractivity contribution in [1.29, 1.82) is 0 Å². The highest BCUT2D eigenvalue weighted by molar-refractivity contribution is 7.11. The SMILES string of the molecule is CCOC(=O)c1c(N)nsc1NCC(C)(C)CN(C)C. The minimum atomic E-state index is -0.424. The van der Waals surface area contributed by atoms with E-state index < -0.39 is 5.97 Å². The number of hydrogen-bond donors (Lipinski definition) is 2. The lowest BCUT2D eigenvalue weighted by Gasteiger charge is -2.28. The quantitative estimate of drug-likeness (QED) is 0.749. The number of nitrogens with two attached hydrogens (primary N) is 1. The van der Waals surface area contributed by atoms with Crippen LogP contribution in [-0.2, 0) is 4.74 Å². The van der Waals surface area contributed by atoms with Gasteiger partial charge in [0.15, 0.2) is 5.82 Å². The summed E-state index contributed by atoms with van der Waals surface area (Å²) in [6, 6.07) is 0. The van der Waals surface area contributed by atoms with Gasteiger partial charge < -0.3 is 20.7 Å². The van der Waals surface area contributed by atoms with Crippen LogP contribution in [0.3, 0.4) is 0 Å². The first-order chi connectivity index (χ1) is 9.26. The van der Waals surface area contributed by atoms with Crippen LogP contribution in [0.4, 0.5) is 10.8 Å². The molecule has 6 nitrogen and oxygen atoms in total. The number of carbonyl (C=O) groups is 1. The molecule has 114 valence electrons. The number of rotatable bonds is 7. The number of nitrogen functional groups attached to an aromatic ring is 1. The molecule has 0 aliphatic heterocycles. The van der Waals surface area contributed by atoms with E-state index in [1.54, 1.807) is 6.92 Å². The van der Waals surface area contributed by atoms with E-state index >= 15 is 0 Å². The van der Waals surface area contributed by atoms with Crippen LogP contribution in [0.5, 0.6) is 0 Å². The lowest BCUT2D eigenvalue weighted by Crippen LogP contribution is -2.34. The van der Waals surface area contributed by atoms with Gasteiger partial charge in [-0.3, -0.25) is 0 Å². The summed E-state index contributed by atoms with van der Waals surface area (Å²) in [5.41, 5.74) is 6.15. The van der Waals surface area contributed by atoms with Crippen LogP contribution in [0.25, 0.3) is 0 Å². The molecule has 0 aromatic carbocycles. The minimum absolute atomic E-state index is 0.0637. The van der Waals surface area contributed by atoms with Crippen LogP contribution in [0.1, 0.15) is 31.1 Å². The molecule has 3 N–H and O–H groups in total. The summed E-state index contributed by atoms with van der Waals surface area (Å²) in [6.07, 6.45) is 0. The van der Waals surface area contributed by atoms with E-state index in [-0.39, 0.29) is 11.2 Å². The molecule has 20 heavy (non-hydrogen) atoms. The second-order valence-corrected chi connectivity index (χ2v) is 6.52. The molecule has 0 saturated heterocycles.